The van der Waals surface area contributed by atoms with Gasteiger partial charge in [0.05, 0.1) is 0 Å². The molecule has 0 radical (unpaired) electrons. The van der Waals surface area contributed by atoms with Gasteiger partial charge in [0.15, 0.2) is 6.29 Å². The Morgan fingerprint density at radius 3 is 1.95 bits per heavy atom. The maximum Gasteiger partial charge on any atom is 0.158 e. The zero-order valence-corrected chi connectivity index (χ0v) is 15.0. The Balaban J connectivity index is 4.55. The van der Waals surface area contributed by atoms with E-state index in [0.29, 0.717) is 6.54 Å². The molecule has 0 rings (SSSR count). The SMILES string of the molecule is CCN(CC)CCCN(CC)C(C)(CN)CC(OC)OC. The van der Waals surface area contributed by atoms with Crippen molar-refractivity contribution in [3.8, 4) is 0 Å². The number of nitrogens with two attached hydrogens (primary N) is 1. The lowest BCUT2D eigenvalue weighted by molar-refractivity contribution is -0.128. The number of nitrogens with zero attached hydrogens (tertiary/aromatic N) is 2. The first-order chi connectivity index (χ1) is 10.0. The highest BCUT2D eigenvalue weighted by Gasteiger charge is 2.32. The molecule has 128 valence electrons. The van der Waals surface area contributed by atoms with E-state index in [0.717, 1.165) is 45.6 Å². The minimum absolute atomic E-state index is 0.0886. The Hall–Kier alpha value is -0.200. The van der Waals surface area contributed by atoms with Gasteiger partial charge in [0.25, 0.3) is 0 Å². The molecule has 0 aromatic rings. The van der Waals surface area contributed by atoms with Crippen LogP contribution in [0, 0.1) is 0 Å². The third-order valence-corrected chi connectivity index (χ3v) is 4.51. The van der Waals surface area contributed by atoms with E-state index in [-0.39, 0.29) is 11.8 Å². The lowest BCUT2D eigenvalue weighted by Gasteiger charge is -2.42. The lowest BCUT2D eigenvalue weighted by Crippen LogP contribution is -2.54. The van der Waals surface area contributed by atoms with E-state index >= 15 is 0 Å². The molecule has 5 heteroatoms. The molecule has 0 aromatic carbocycles. The number of ether oxygens (including phenoxy) is 2. The van der Waals surface area contributed by atoms with Gasteiger partial charge in [0.1, 0.15) is 0 Å². The zero-order chi connectivity index (χ0) is 16.3. The molecule has 0 aromatic heterocycles. The Labute approximate surface area is 131 Å². The summed E-state index contributed by atoms with van der Waals surface area (Å²) in [5.41, 5.74) is 5.97. The highest BCUT2D eigenvalue weighted by molar-refractivity contribution is 4.88. The Morgan fingerprint density at radius 2 is 1.57 bits per heavy atom. The molecule has 21 heavy (non-hydrogen) atoms. The molecule has 0 aliphatic carbocycles. The molecule has 0 heterocycles. The summed E-state index contributed by atoms with van der Waals surface area (Å²) in [6, 6.07) is 0. The molecule has 0 bridgehead atoms. The van der Waals surface area contributed by atoms with E-state index in [1.54, 1.807) is 14.2 Å². The number of hydrogen-bond donors (Lipinski definition) is 1. The monoisotopic (exact) mass is 303 g/mol. The van der Waals surface area contributed by atoms with Crippen molar-refractivity contribution in [1.82, 2.24) is 9.80 Å². The van der Waals surface area contributed by atoms with Crippen LogP contribution in [0.4, 0.5) is 0 Å². The first-order valence-corrected chi connectivity index (χ1v) is 8.24. The van der Waals surface area contributed by atoms with Gasteiger partial charge in [-0.2, -0.15) is 0 Å². The smallest absolute Gasteiger partial charge is 0.158 e. The number of methoxy groups -OCH3 is 2. The van der Waals surface area contributed by atoms with Crippen molar-refractivity contribution in [1.29, 1.82) is 0 Å². The average Bonchev–Trinajstić information content (AvgIpc) is 2.52. The van der Waals surface area contributed by atoms with E-state index in [1.165, 1.54) is 0 Å². The van der Waals surface area contributed by atoms with Crippen molar-refractivity contribution in [2.75, 3.05) is 53.5 Å². The normalized spacial score (nSPS) is 15.1. The summed E-state index contributed by atoms with van der Waals surface area (Å²) in [7, 11) is 3.36. The first kappa shape index (κ1) is 20.8. The standard InChI is InChI=1S/C16H37N3O2/c1-7-18(8-2)11-10-12-19(9-3)16(4,14-17)13-15(20-5)21-6/h15H,7-14,17H2,1-6H3. The van der Waals surface area contributed by atoms with Crippen LogP contribution in [0.1, 0.15) is 40.5 Å². The molecule has 0 fully saturated rings. The van der Waals surface area contributed by atoms with E-state index < -0.39 is 0 Å². The molecule has 0 spiro atoms. The molecular formula is C16H37N3O2. The van der Waals surface area contributed by atoms with Crippen LogP contribution in [0.5, 0.6) is 0 Å². The molecular weight excluding hydrogens is 266 g/mol. The van der Waals surface area contributed by atoms with Gasteiger partial charge in [-0.25, -0.2) is 0 Å². The first-order valence-electron chi connectivity index (χ1n) is 8.24. The van der Waals surface area contributed by atoms with Gasteiger partial charge in [-0.1, -0.05) is 20.8 Å². The fraction of sp³-hybridized carbons (Fsp3) is 1.00. The third kappa shape index (κ3) is 7.06. The van der Waals surface area contributed by atoms with Crippen LogP contribution in [0.3, 0.4) is 0 Å². The van der Waals surface area contributed by atoms with Crippen LogP contribution in [-0.2, 0) is 9.47 Å². The molecule has 0 amide bonds. The van der Waals surface area contributed by atoms with Gasteiger partial charge in [-0.3, -0.25) is 4.90 Å². The number of rotatable bonds is 13. The van der Waals surface area contributed by atoms with Crippen LogP contribution < -0.4 is 5.73 Å². The summed E-state index contributed by atoms with van der Waals surface area (Å²) in [6.45, 7) is 14.9. The summed E-state index contributed by atoms with van der Waals surface area (Å²) < 4.78 is 10.7. The Bertz CT molecular complexity index is 246. The molecule has 1 atom stereocenters. The summed E-state index contributed by atoms with van der Waals surface area (Å²) in [5.74, 6) is 0. The quantitative estimate of drug-likeness (QED) is 0.526. The van der Waals surface area contributed by atoms with Gasteiger partial charge in [0, 0.05) is 32.7 Å². The average molecular weight is 303 g/mol. The third-order valence-electron chi connectivity index (χ3n) is 4.51. The van der Waals surface area contributed by atoms with Crippen molar-refractivity contribution in [2.24, 2.45) is 5.73 Å². The van der Waals surface area contributed by atoms with Gasteiger partial charge >= 0.3 is 0 Å². The van der Waals surface area contributed by atoms with E-state index in [1.807, 2.05) is 0 Å². The largest absolute Gasteiger partial charge is 0.356 e. The van der Waals surface area contributed by atoms with Gasteiger partial charge in [-0.15, -0.1) is 0 Å². The number of hydrogen-bond acceptors (Lipinski definition) is 5. The zero-order valence-electron chi connectivity index (χ0n) is 15.0. The summed E-state index contributed by atoms with van der Waals surface area (Å²) in [4.78, 5) is 4.92. The lowest BCUT2D eigenvalue weighted by atomic mass is 9.94. The molecule has 0 aliphatic heterocycles. The molecule has 2 N–H and O–H groups in total. The van der Waals surface area contributed by atoms with Crippen LogP contribution in [-0.4, -0.2) is 75.1 Å². The Morgan fingerprint density at radius 1 is 1.00 bits per heavy atom. The van der Waals surface area contributed by atoms with Gasteiger partial charge in [-0.05, 0) is 46.1 Å². The van der Waals surface area contributed by atoms with Crippen molar-refractivity contribution < 1.29 is 9.47 Å². The summed E-state index contributed by atoms with van der Waals surface area (Å²) in [5, 5.41) is 0. The molecule has 1 unspecified atom stereocenters. The minimum atomic E-state index is -0.199. The molecule has 5 nitrogen and oxygen atoms in total. The topological polar surface area (TPSA) is 51.0 Å². The van der Waals surface area contributed by atoms with E-state index in [2.05, 4.69) is 37.5 Å². The summed E-state index contributed by atoms with van der Waals surface area (Å²) >= 11 is 0. The van der Waals surface area contributed by atoms with Crippen LogP contribution in [0.2, 0.25) is 0 Å². The molecule has 0 saturated heterocycles. The highest BCUT2D eigenvalue weighted by atomic mass is 16.7. The number of likely N-dealkylation sites (N-methyl/N-ethyl adjacent to an activating group) is 1. The molecule has 0 saturated carbocycles. The van der Waals surface area contributed by atoms with Crippen LogP contribution in [0.15, 0.2) is 0 Å². The fourth-order valence-corrected chi connectivity index (χ4v) is 2.80. The molecule has 0 aliphatic rings. The second-order valence-corrected chi connectivity index (χ2v) is 5.77. The maximum atomic E-state index is 6.06. The van der Waals surface area contributed by atoms with Crippen molar-refractivity contribution in [3.63, 3.8) is 0 Å². The second-order valence-electron chi connectivity index (χ2n) is 5.77. The minimum Gasteiger partial charge on any atom is -0.356 e. The van der Waals surface area contributed by atoms with Crippen LogP contribution >= 0.6 is 0 Å². The van der Waals surface area contributed by atoms with Gasteiger partial charge < -0.3 is 20.1 Å². The van der Waals surface area contributed by atoms with Gasteiger partial charge in [0.2, 0.25) is 0 Å². The Kier molecular flexibility index (Phi) is 11.3. The van der Waals surface area contributed by atoms with Crippen molar-refractivity contribution >= 4 is 0 Å². The summed E-state index contributed by atoms with van der Waals surface area (Å²) in [6.07, 6.45) is 1.75. The highest BCUT2D eigenvalue weighted by Crippen LogP contribution is 2.22. The van der Waals surface area contributed by atoms with E-state index in [4.69, 9.17) is 15.2 Å². The van der Waals surface area contributed by atoms with E-state index in [9.17, 15) is 0 Å². The van der Waals surface area contributed by atoms with Crippen LogP contribution in [0.25, 0.3) is 0 Å². The van der Waals surface area contributed by atoms with Crippen molar-refractivity contribution in [3.05, 3.63) is 0 Å². The predicted molar refractivity (Wildman–Crippen MR) is 89.5 cm³/mol. The van der Waals surface area contributed by atoms with Crippen molar-refractivity contribution in [2.45, 2.75) is 52.4 Å². The predicted octanol–water partition coefficient (Wildman–Crippen LogP) is 1.77. The maximum absolute atomic E-state index is 6.06. The fourth-order valence-electron chi connectivity index (χ4n) is 2.80. The second kappa shape index (κ2) is 11.4.